The number of hydrogen-bond donors (Lipinski definition) is 1. The minimum absolute atomic E-state index is 0.139. The van der Waals surface area contributed by atoms with Crippen LogP contribution in [0.4, 0.5) is 4.39 Å². The van der Waals surface area contributed by atoms with Crippen molar-refractivity contribution in [1.82, 2.24) is 5.32 Å². The van der Waals surface area contributed by atoms with Crippen LogP contribution in [0.3, 0.4) is 0 Å². The Balaban J connectivity index is 2.07. The van der Waals surface area contributed by atoms with Gasteiger partial charge in [0.05, 0.1) is 5.54 Å². The molecular weight excluding hydrogens is 261 g/mol. The fourth-order valence-corrected chi connectivity index (χ4v) is 4.04. The summed E-state index contributed by atoms with van der Waals surface area (Å²) >= 11 is 0. The van der Waals surface area contributed by atoms with Crippen molar-refractivity contribution in [3.8, 4) is 0 Å². The summed E-state index contributed by atoms with van der Waals surface area (Å²) in [6.45, 7) is 6.40. The molecular formula is C19H18FN. The van der Waals surface area contributed by atoms with Crippen LogP contribution in [0.5, 0.6) is 0 Å². The van der Waals surface area contributed by atoms with Crippen LogP contribution in [0.25, 0.3) is 6.08 Å². The fraction of sp³-hybridized carbons (Fsp3) is 0.263. The van der Waals surface area contributed by atoms with E-state index in [4.69, 9.17) is 0 Å². The maximum Gasteiger partial charge on any atom is 0.123 e. The molecule has 1 nitrogen and oxygen atoms in total. The van der Waals surface area contributed by atoms with Crippen molar-refractivity contribution in [3.05, 3.63) is 76.2 Å². The zero-order valence-corrected chi connectivity index (χ0v) is 12.5. The van der Waals surface area contributed by atoms with E-state index in [0.29, 0.717) is 0 Å². The van der Waals surface area contributed by atoms with Gasteiger partial charge in [-0.25, -0.2) is 4.39 Å². The number of halogens is 1. The molecule has 1 atom stereocenters. The maximum absolute atomic E-state index is 14.1. The molecule has 0 amide bonds. The molecule has 1 aromatic rings. The van der Waals surface area contributed by atoms with Crippen molar-refractivity contribution in [2.24, 2.45) is 0 Å². The fourth-order valence-electron chi connectivity index (χ4n) is 4.04. The number of fused-ring (bicyclic) bond motifs is 1. The molecule has 0 bridgehead atoms. The summed E-state index contributed by atoms with van der Waals surface area (Å²) in [4.78, 5) is 0. The summed E-state index contributed by atoms with van der Waals surface area (Å²) in [7, 11) is 0. The third-order valence-corrected chi connectivity index (χ3v) is 4.60. The normalized spacial score (nSPS) is 28.6. The molecule has 1 aliphatic heterocycles. The maximum atomic E-state index is 14.1. The van der Waals surface area contributed by atoms with E-state index < -0.39 is 5.54 Å². The van der Waals surface area contributed by atoms with E-state index >= 15 is 0 Å². The number of allylic oxidation sites excluding steroid dienone is 2. The predicted octanol–water partition coefficient (Wildman–Crippen LogP) is 4.40. The Morgan fingerprint density at radius 1 is 1.05 bits per heavy atom. The van der Waals surface area contributed by atoms with Gasteiger partial charge in [-0.05, 0) is 66.8 Å². The van der Waals surface area contributed by atoms with Crippen molar-refractivity contribution < 1.29 is 4.39 Å². The first-order chi connectivity index (χ1) is 9.92. The lowest BCUT2D eigenvalue weighted by molar-refractivity contribution is 0.338. The van der Waals surface area contributed by atoms with Gasteiger partial charge in [0.1, 0.15) is 5.83 Å². The van der Waals surface area contributed by atoms with Gasteiger partial charge in [-0.15, -0.1) is 0 Å². The zero-order valence-electron chi connectivity index (χ0n) is 12.5. The molecule has 4 rings (SSSR count). The quantitative estimate of drug-likeness (QED) is 0.742. The van der Waals surface area contributed by atoms with Gasteiger partial charge in [-0.2, -0.15) is 0 Å². The standard InChI is InChI=1S/C19H18FN/c1-12-11-18(2,3)21-19-14(9-15(20)10-17(12)19)8-13-6-4-5-7-16(13)19/h4-11,21H,1-3H3. The van der Waals surface area contributed by atoms with Gasteiger partial charge in [-0.3, -0.25) is 5.32 Å². The average molecular weight is 279 g/mol. The van der Waals surface area contributed by atoms with Crippen LogP contribution >= 0.6 is 0 Å². The lowest BCUT2D eigenvalue weighted by atomic mass is 9.69. The first-order valence-electron chi connectivity index (χ1n) is 7.33. The second kappa shape index (κ2) is 3.83. The summed E-state index contributed by atoms with van der Waals surface area (Å²) in [6, 6.07) is 8.33. The van der Waals surface area contributed by atoms with E-state index in [0.717, 1.165) is 16.7 Å². The highest BCUT2D eigenvalue weighted by atomic mass is 19.1. The van der Waals surface area contributed by atoms with Crippen LogP contribution in [-0.4, -0.2) is 5.54 Å². The SMILES string of the molecule is CC1=CC(C)(C)NC23C(=Cc4ccccc42)C=C(F)C=C13. The number of rotatable bonds is 0. The van der Waals surface area contributed by atoms with Gasteiger partial charge >= 0.3 is 0 Å². The Bertz CT molecular complexity index is 777. The molecule has 1 unspecified atom stereocenters. The minimum Gasteiger partial charge on any atom is -0.291 e. The molecule has 1 heterocycles. The molecule has 1 aromatic carbocycles. The van der Waals surface area contributed by atoms with Crippen molar-refractivity contribution in [3.63, 3.8) is 0 Å². The van der Waals surface area contributed by atoms with E-state index in [-0.39, 0.29) is 11.4 Å². The molecule has 0 radical (unpaired) electrons. The summed E-state index contributed by atoms with van der Waals surface area (Å²) in [5.74, 6) is -0.172. The van der Waals surface area contributed by atoms with Gasteiger partial charge in [0.15, 0.2) is 0 Å². The molecule has 3 aliphatic rings. The molecule has 0 saturated carbocycles. The summed E-state index contributed by atoms with van der Waals surface area (Å²) < 4.78 is 14.1. The molecule has 0 saturated heterocycles. The Morgan fingerprint density at radius 3 is 2.62 bits per heavy atom. The average Bonchev–Trinajstić information content (AvgIpc) is 2.69. The Hall–Kier alpha value is -1.93. The van der Waals surface area contributed by atoms with E-state index in [2.05, 4.69) is 56.4 Å². The molecule has 1 spiro atoms. The number of hydrogen-bond acceptors (Lipinski definition) is 1. The summed E-state index contributed by atoms with van der Waals surface area (Å²) in [5.41, 5.74) is 5.01. The first-order valence-corrected chi connectivity index (χ1v) is 7.33. The monoisotopic (exact) mass is 279 g/mol. The Kier molecular flexibility index (Phi) is 2.33. The molecule has 2 heteroatoms. The van der Waals surface area contributed by atoms with E-state index in [9.17, 15) is 4.39 Å². The van der Waals surface area contributed by atoms with Crippen molar-refractivity contribution >= 4 is 6.08 Å². The van der Waals surface area contributed by atoms with Gasteiger partial charge in [-0.1, -0.05) is 30.3 Å². The van der Waals surface area contributed by atoms with Gasteiger partial charge in [0.25, 0.3) is 0 Å². The molecule has 2 aliphatic carbocycles. The lowest BCUT2D eigenvalue weighted by Gasteiger charge is -2.47. The molecule has 106 valence electrons. The molecule has 0 aromatic heterocycles. The highest BCUT2D eigenvalue weighted by Crippen LogP contribution is 2.53. The van der Waals surface area contributed by atoms with Crippen LogP contribution in [0, 0.1) is 0 Å². The number of benzene rings is 1. The van der Waals surface area contributed by atoms with Crippen LogP contribution in [0.1, 0.15) is 31.9 Å². The van der Waals surface area contributed by atoms with E-state index in [1.807, 2.05) is 6.07 Å². The highest BCUT2D eigenvalue weighted by Gasteiger charge is 2.50. The lowest BCUT2D eigenvalue weighted by Crippen LogP contribution is -2.57. The Morgan fingerprint density at radius 2 is 1.81 bits per heavy atom. The first kappa shape index (κ1) is 12.8. The molecule has 0 fully saturated rings. The van der Waals surface area contributed by atoms with E-state index in [1.165, 1.54) is 11.1 Å². The number of nitrogens with one attached hydrogen (secondary N) is 1. The van der Waals surface area contributed by atoms with Crippen LogP contribution < -0.4 is 5.32 Å². The smallest absolute Gasteiger partial charge is 0.123 e. The zero-order chi connectivity index (χ0) is 14.8. The van der Waals surface area contributed by atoms with Gasteiger partial charge in [0.2, 0.25) is 0 Å². The van der Waals surface area contributed by atoms with Crippen LogP contribution in [-0.2, 0) is 5.54 Å². The summed E-state index contributed by atoms with van der Waals surface area (Å²) in [5, 5.41) is 3.75. The van der Waals surface area contributed by atoms with E-state index in [1.54, 1.807) is 12.2 Å². The topological polar surface area (TPSA) is 12.0 Å². The summed E-state index contributed by atoms with van der Waals surface area (Å²) in [6.07, 6.45) is 7.61. The van der Waals surface area contributed by atoms with Gasteiger partial charge in [0, 0.05) is 5.54 Å². The second-order valence-corrected chi connectivity index (χ2v) is 6.70. The Labute approximate surface area is 124 Å². The van der Waals surface area contributed by atoms with Gasteiger partial charge < -0.3 is 0 Å². The highest BCUT2D eigenvalue weighted by molar-refractivity contribution is 5.79. The van der Waals surface area contributed by atoms with Crippen molar-refractivity contribution in [2.45, 2.75) is 31.8 Å². The second-order valence-electron chi connectivity index (χ2n) is 6.70. The van der Waals surface area contributed by atoms with Crippen molar-refractivity contribution in [2.75, 3.05) is 0 Å². The van der Waals surface area contributed by atoms with Crippen LogP contribution in [0.15, 0.2) is 65.0 Å². The third-order valence-electron chi connectivity index (χ3n) is 4.60. The molecule has 21 heavy (non-hydrogen) atoms. The minimum atomic E-state index is -0.408. The van der Waals surface area contributed by atoms with Crippen LogP contribution in [0.2, 0.25) is 0 Å². The largest absolute Gasteiger partial charge is 0.291 e. The predicted molar refractivity (Wildman–Crippen MR) is 84.3 cm³/mol. The van der Waals surface area contributed by atoms with Crippen molar-refractivity contribution in [1.29, 1.82) is 0 Å². The third kappa shape index (κ3) is 1.60. The molecule has 1 N–H and O–H groups in total.